The number of ketones is 1. The number of furan rings is 1. The van der Waals surface area contributed by atoms with Gasteiger partial charge in [-0.1, -0.05) is 119 Å². The number of hydrogen-bond donors (Lipinski definition) is 1. The maximum absolute atomic E-state index is 11.7. The van der Waals surface area contributed by atoms with E-state index in [1.54, 1.807) is 0 Å². The second kappa shape index (κ2) is 14.6. The van der Waals surface area contributed by atoms with Crippen molar-refractivity contribution in [3.63, 3.8) is 0 Å². The largest absolute Gasteiger partial charge is 0.512 e. The van der Waals surface area contributed by atoms with Crippen molar-refractivity contribution < 1.29 is 34.4 Å². The standard InChI is InChI=1S/C30H20NO.C13H24O2.Ir/c1-30(2)23-15-14-21(18-8-4-3-5-9-18)29-25(23)26-24(32-29)16-17-31-28(26)22-13-12-19-10-6-7-11-20(19)27(22)30;1-5-10(6-2)12(14)9-13(15)11(7-3)8-4;/h3-12,14-17H,1-2H3;9-11,14H,5-8H2,1-4H3;/q-1;;/b;12-9-;. The van der Waals surface area contributed by atoms with Gasteiger partial charge in [0.1, 0.15) is 11.2 Å². The average Bonchev–Trinajstić information content (AvgIpc) is 3.45. The molecule has 0 atom stereocenters. The zero-order valence-corrected chi connectivity index (χ0v) is 31.1. The first-order valence-electron chi connectivity index (χ1n) is 17.0. The third kappa shape index (κ3) is 6.15. The summed E-state index contributed by atoms with van der Waals surface area (Å²) < 4.78 is 6.54. The number of carbonyl (C=O) groups is 1. The van der Waals surface area contributed by atoms with E-state index in [9.17, 15) is 9.90 Å². The van der Waals surface area contributed by atoms with E-state index < -0.39 is 0 Å². The Morgan fingerprint density at radius 1 is 0.875 bits per heavy atom. The van der Waals surface area contributed by atoms with Crippen LogP contribution in [0.4, 0.5) is 0 Å². The molecule has 0 unspecified atom stereocenters. The Morgan fingerprint density at radius 2 is 1.54 bits per heavy atom. The molecule has 0 saturated carbocycles. The number of pyridine rings is 1. The van der Waals surface area contributed by atoms with E-state index in [1.807, 2.05) is 46.0 Å². The summed E-state index contributed by atoms with van der Waals surface area (Å²) in [5, 5.41) is 14.5. The first-order chi connectivity index (χ1) is 22.7. The van der Waals surface area contributed by atoms with Gasteiger partial charge in [0, 0.05) is 60.5 Å². The molecule has 1 aliphatic rings. The van der Waals surface area contributed by atoms with Gasteiger partial charge in [-0.25, -0.2) is 0 Å². The van der Waals surface area contributed by atoms with Gasteiger partial charge in [0.15, 0.2) is 5.78 Å². The van der Waals surface area contributed by atoms with Crippen LogP contribution in [0.5, 0.6) is 0 Å². The maximum Gasteiger partial charge on any atom is 0.162 e. The summed E-state index contributed by atoms with van der Waals surface area (Å²) in [6, 6.07) is 31.2. The summed E-state index contributed by atoms with van der Waals surface area (Å²) in [6.45, 7) is 12.7. The van der Waals surface area contributed by atoms with Crippen molar-refractivity contribution in [2.75, 3.05) is 0 Å². The molecular weight excluding hydrogens is 771 g/mol. The number of aliphatic hydroxyl groups excluding tert-OH is 1. The van der Waals surface area contributed by atoms with Crippen LogP contribution < -0.4 is 0 Å². The molecule has 0 fully saturated rings. The fourth-order valence-corrected chi connectivity index (χ4v) is 7.33. The van der Waals surface area contributed by atoms with Gasteiger partial charge >= 0.3 is 0 Å². The molecule has 1 radical (unpaired) electrons. The Balaban J connectivity index is 0.000000243. The third-order valence-corrected chi connectivity index (χ3v) is 10.1. The predicted molar refractivity (Wildman–Crippen MR) is 195 cm³/mol. The first kappa shape index (κ1) is 35.3. The van der Waals surface area contributed by atoms with Crippen LogP contribution in [0.3, 0.4) is 0 Å². The van der Waals surface area contributed by atoms with Crippen LogP contribution in [-0.4, -0.2) is 15.9 Å². The van der Waals surface area contributed by atoms with Crippen molar-refractivity contribution in [3.05, 3.63) is 114 Å². The van der Waals surface area contributed by atoms with Crippen LogP contribution >= 0.6 is 0 Å². The zero-order chi connectivity index (χ0) is 33.3. The molecule has 1 aliphatic carbocycles. The maximum atomic E-state index is 11.7. The summed E-state index contributed by atoms with van der Waals surface area (Å²) in [4.78, 5) is 16.6. The first-order valence-corrected chi connectivity index (χ1v) is 17.0. The van der Waals surface area contributed by atoms with E-state index in [4.69, 9.17) is 9.40 Å². The molecule has 0 spiro atoms. The number of carbonyl (C=O) groups excluding carboxylic acids is 1. The SMILES string of the molecule is CC1(C)c2c([c-]cc3ccccc23)-c2nccc3oc4c(-c5ccccc5)ccc1c4c23.CCC(CC)C(=O)/C=C(\O)C(CC)CC.[Ir]. The van der Waals surface area contributed by atoms with E-state index in [2.05, 4.69) is 86.6 Å². The van der Waals surface area contributed by atoms with Crippen molar-refractivity contribution in [2.24, 2.45) is 11.8 Å². The van der Waals surface area contributed by atoms with Crippen LogP contribution in [0.2, 0.25) is 0 Å². The van der Waals surface area contributed by atoms with Gasteiger partial charge in [-0.05, 0) is 54.0 Å². The number of hydrogen-bond acceptors (Lipinski definition) is 4. The van der Waals surface area contributed by atoms with Crippen LogP contribution in [0.1, 0.15) is 78.4 Å². The van der Waals surface area contributed by atoms with Crippen molar-refractivity contribution in [2.45, 2.75) is 72.6 Å². The fraction of sp³-hybridized carbons (Fsp3) is 0.302. The minimum Gasteiger partial charge on any atom is -0.512 e. The summed E-state index contributed by atoms with van der Waals surface area (Å²) in [5.41, 5.74) is 8.40. The second-order valence-corrected chi connectivity index (χ2v) is 13.1. The molecule has 6 aromatic rings. The number of benzene rings is 4. The van der Waals surface area contributed by atoms with Crippen LogP contribution in [-0.2, 0) is 30.3 Å². The summed E-state index contributed by atoms with van der Waals surface area (Å²) in [7, 11) is 0. The van der Waals surface area contributed by atoms with Crippen LogP contribution in [0.25, 0.3) is 55.1 Å². The number of aromatic nitrogens is 1. The summed E-state index contributed by atoms with van der Waals surface area (Å²) >= 11 is 0. The Bertz CT molecular complexity index is 2100. The molecule has 4 aromatic carbocycles. The quantitative estimate of drug-likeness (QED) is 0.0944. The predicted octanol–water partition coefficient (Wildman–Crippen LogP) is 11.8. The second-order valence-electron chi connectivity index (χ2n) is 13.1. The molecule has 0 aliphatic heterocycles. The molecule has 2 heterocycles. The number of rotatable bonds is 8. The number of aliphatic hydroxyl groups is 1. The van der Waals surface area contributed by atoms with E-state index in [0.717, 1.165) is 64.6 Å². The van der Waals surface area contributed by atoms with Crippen LogP contribution in [0, 0.1) is 17.9 Å². The van der Waals surface area contributed by atoms with Gasteiger partial charge in [0.2, 0.25) is 0 Å². The normalized spacial score (nSPS) is 13.4. The third-order valence-electron chi connectivity index (χ3n) is 10.1. The molecule has 0 amide bonds. The molecule has 0 bridgehead atoms. The smallest absolute Gasteiger partial charge is 0.162 e. The topological polar surface area (TPSA) is 63.3 Å². The van der Waals surface area contributed by atoms with Gasteiger partial charge in [-0.15, -0.1) is 23.3 Å². The number of nitrogens with zero attached hydrogens (tertiary/aromatic N) is 1. The van der Waals surface area contributed by atoms with Crippen LogP contribution in [0.15, 0.2) is 101 Å². The van der Waals surface area contributed by atoms with E-state index in [0.29, 0.717) is 0 Å². The Hall–Kier alpha value is -4.05. The molecule has 4 nitrogen and oxygen atoms in total. The minimum absolute atomic E-state index is 0. The fourth-order valence-electron chi connectivity index (χ4n) is 7.33. The van der Waals surface area contributed by atoms with Gasteiger partial charge < -0.3 is 14.5 Å². The monoisotopic (exact) mass is 815 g/mol. The van der Waals surface area contributed by atoms with Crippen molar-refractivity contribution in [1.82, 2.24) is 4.98 Å². The average molecular weight is 815 g/mol. The van der Waals surface area contributed by atoms with E-state index in [-0.39, 0.29) is 48.9 Å². The van der Waals surface area contributed by atoms with Gasteiger partial charge in [-0.3, -0.25) is 4.79 Å². The molecule has 5 heteroatoms. The van der Waals surface area contributed by atoms with E-state index >= 15 is 0 Å². The number of allylic oxidation sites excluding steroid dienone is 2. The molecular formula is C43H44IrNO3-. The molecule has 7 rings (SSSR count). The van der Waals surface area contributed by atoms with Crippen molar-refractivity contribution >= 4 is 38.5 Å². The van der Waals surface area contributed by atoms with Crippen molar-refractivity contribution in [1.29, 1.82) is 0 Å². The Morgan fingerprint density at radius 3 is 2.23 bits per heavy atom. The molecule has 2 aromatic heterocycles. The number of fused-ring (bicyclic) bond motifs is 4. The zero-order valence-electron chi connectivity index (χ0n) is 28.7. The Labute approximate surface area is 297 Å². The van der Waals surface area contributed by atoms with Gasteiger partial charge in [-0.2, -0.15) is 0 Å². The molecule has 0 saturated heterocycles. The van der Waals surface area contributed by atoms with Gasteiger partial charge in [0.25, 0.3) is 0 Å². The molecule has 249 valence electrons. The minimum atomic E-state index is -0.252. The van der Waals surface area contributed by atoms with E-state index in [1.165, 1.54) is 33.4 Å². The molecule has 48 heavy (non-hydrogen) atoms. The Kier molecular flexibility index (Phi) is 10.7. The van der Waals surface area contributed by atoms with Gasteiger partial charge in [0.05, 0.1) is 5.76 Å². The summed E-state index contributed by atoms with van der Waals surface area (Å²) in [6.07, 6.45) is 6.76. The van der Waals surface area contributed by atoms with Crippen molar-refractivity contribution in [3.8, 4) is 22.4 Å². The molecule has 1 N–H and O–H groups in total. The summed E-state index contributed by atoms with van der Waals surface area (Å²) in [5.74, 6) is 0.547.